The average Bonchev–Trinajstić information content (AvgIpc) is 2.44. The summed E-state index contributed by atoms with van der Waals surface area (Å²) >= 11 is 0. The van der Waals surface area contributed by atoms with Gasteiger partial charge >= 0.3 is 0 Å². The van der Waals surface area contributed by atoms with Crippen LogP contribution in [-0.2, 0) is 6.54 Å². The second-order valence-electron chi connectivity index (χ2n) is 4.25. The highest BCUT2D eigenvalue weighted by Crippen LogP contribution is 2.30. The standard InChI is InChI=1S/C14H18N4O/c1-3-18(13-8-11(19)5-4-10(13)2)14-12(9-15)16-6-7-17-14/h4-8,19H,3,9,15H2,1-2H3. The van der Waals surface area contributed by atoms with Gasteiger partial charge in [0, 0.05) is 37.2 Å². The van der Waals surface area contributed by atoms with Gasteiger partial charge in [-0.05, 0) is 25.5 Å². The maximum Gasteiger partial charge on any atom is 0.156 e. The second-order valence-corrected chi connectivity index (χ2v) is 4.25. The molecule has 3 N–H and O–H groups in total. The summed E-state index contributed by atoms with van der Waals surface area (Å²) in [5, 5.41) is 9.67. The summed E-state index contributed by atoms with van der Waals surface area (Å²) in [5.74, 6) is 0.971. The van der Waals surface area contributed by atoms with Crippen molar-refractivity contribution in [3.63, 3.8) is 0 Å². The van der Waals surface area contributed by atoms with Crippen molar-refractivity contribution < 1.29 is 5.11 Å². The Bertz CT molecular complexity index is 571. The van der Waals surface area contributed by atoms with Crippen molar-refractivity contribution in [2.45, 2.75) is 20.4 Å². The molecule has 5 heteroatoms. The van der Waals surface area contributed by atoms with E-state index in [0.717, 1.165) is 29.3 Å². The third-order valence-electron chi connectivity index (χ3n) is 3.00. The van der Waals surface area contributed by atoms with E-state index in [9.17, 15) is 5.11 Å². The van der Waals surface area contributed by atoms with Gasteiger partial charge in [-0.2, -0.15) is 0 Å². The third kappa shape index (κ3) is 2.66. The molecule has 0 saturated carbocycles. The number of nitrogens with two attached hydrogens (primary N) is 1. The summed E-state index contributed by atoms with van der Waals surface area (Å²) in [7, 11) is 0. The van der Waals surface area contributed by atoms with E-state index in [0.29, 0.717) is 6.54 Å². The van der Waals surface area contributed by atoms with E-state index < -0.39 is 0 Å². The van der Waals surface area contributed by atoms with Gasteiger partial charge in [0.25, 0.3) is 0 Å². The third-order valence-corrected chi connectivity index (χ3v) is 3.00. The lowest BCUT2D eigenvalue weighted by Crippen LogP contribution is -2.21. The lowest BCUT2D eigenvalue weighted by atomic mass is 10.1. The van der Waals surface area contributed by atoms with Gasteiger partial charge in [-0.15, -0.1) is 0 Å². The Morgan fingerprint density at radius 3 is 2.68 bits per heavy atom. The molecule has 0 unspecified atom stereocenters. The molecule has 2 aromatic rings. The number of hydrogen-bond donors (Lipinski definition) is 2. The quantitative estimate of drug-likeness (QED) is 0.878. The molecule has 1 aromatic heterocycles. The Balaban J connectivity index is 2.53. The molecule has 0 aliphatic heterocycles. The maximum absolute atomic E-state index is 9.67. The van der Waals surface area contributed by atoms with Gasteiger partial charge in [0.1, 0.15) is 5.75 Å². The summed E-state index contributed by atoms with van der Waals surface area (Å²) in [5.41, 5.74) is 8.43. The number of rotatable bonds is 4. The molecule has 0 radical (unpaired) electrons. The predicted octanol–water partition coefficient (Wildman–Crippen LogP) is 2.11. The van der Waals surface area contributed by atoms with Crippen molar-refractivity contribution in [2.75, 3.05) is 11.4 Å². The van der Waals surface area contributed by atoms with Crippen molar-refractivity contribution in [1.82, 2.24) is 9.97 Å². The first kappa shape index (κ1) is 13.3. The molecule has 0 amide bonds. The van der Waals surface area contributed by atoms with Gasteiger partial charge in [-0.25, -0.2) is 4.98 Å². The molecule has 1 aromatic carbocycles. The van der Waals surface area contributed by atoms with E-state index >= 15 is 0 Å². The molecule has 0 spiro atoms. The first-order valence-electron chi connectivity index (χ1n) is 6.24. The van der Waals surface area contributed by atoms with E-state index in [1.54, 1.807) is 24.5 Å². The lowest BCUT2D eigenvalue weighted by molar-refractivity contribution is 0.475. The Kier molecular flexibility index (Phi) is 3.97. The van der Waals surface area contributed by atoms with Gasteiger partial charge in [0.05, 0.1) is 5.69 Å². The van der Waals surface area contributed by atoms with Gasteiger partial charge < -0.3 is 15.7 Å². The number of phenolic OH excluding ortho intramolecular Hbond substituents is 1. The van der Waals surface area contributed by atoms with E-state index in [4.69, 9.17) is 5.73 Å². The number of anilines is 2. The average molecular weight is 258 g/mol. The molecule has 19 heavy (non-hydrogen) atoms. The van der Waals surface area contributed by atoms with Crippen molar-refractivity contribution in [1.29, 1.82) is 0 Å². The van der Waals surface area contributed by atoms with Crippen LogP contribution in [-0.4, -0.2) is 21.6 Å². The molecule has 0 bridgehead atoms. The number of aryl methyl sites for hydroxylation is 1. The predicted molar refractivity (Wildman–Crippen MR) is 75.4 cm³/mol. The largest absolute Gasteiger partial charge is 0.508 e. The van der Waals surface area contributed by atoms with Crippen LogP contribution in [0.25, 0.3) is 0 Å². The van der Waals surface area contributed by atoms with Crippen LogP contribution in [0, 0.1) is 6.92 Å². The fraction of sp³-hybridized carbons (Fsp3) is 0.286. The molecule has 0 fully saturated rings. The van der Waals surface area contributed by atoms with Crippen molar-refractivity contribution in [3.05, 3.63) is 41.9 Å². The first-order chi connectivity index (χ1) is 9.17. The van der Waals surface area contributed by atoms with Gasteiger partial charge in [-0.3, -0.25) is 4.98 Å². The van der Waals surface area contributed by atoms with Gasteiger partial charge in [-0.1, -0.05) is 6.07 Å². The minimum atomic E-state index is 0.234. The number of aromatic nitrogens is 2. The van der Waals surface area contributed by atoms with E-state index in [1.807, 2.05) is 24.8 Å². The SMILES string of the molecule is CCN(c1cc(O)ccc1C)c1nccnc1CN. The van der Waals surface area contributed by atoms with Gasteiger partial charge in [0.2, 0.25) is 0 Å². The van der Waals surface area contributed by atoms with Crippen LogP contribution in [0.4, 0.5) is 11.5 Å². The van der Waals surface area contributed by atoms with Crippen LogP contribution in [0.15, 0.2) is 30.6 Å². The first-order valence-corrected chi connectivity index (χ1v) is 6.24. The fourth-order valence-electron chi connectivity index (χ4n) is 2.05. The Labute approximate surface area is 112 Å². The maximum atomic E-state index is 9.67. The number of aromatic hydroxyl groups is 1. The minimum Gasteiger partial charge on any atom is -0.508 e. The van der Waals surface area contributed by atoms with Crippen LogP contribution in [0.3, 0.4) is 0 Å². The molecule has 5 nitrogen and oxygen atoms in total. The Hall–Kier alpha value is -2.14. The molecule has 2 rings (SSSR count). The number of hydrogen-bond acceptors (Lipinski definition) is 5. The lowest BCUT2D eigenvalue weighted by Gasteiger charge is -2.25. The topological polar surface area (TPSA) is 75.3 Å². The molecular formula is C14H18N4O. The molecule has 0 saturated heterocycles. The van der Waals surface area contributed by atoms with Crippen molar-refractivity contribution in [2.24, 2.45) is 5.73 Å². The van der Waals surface area contributed by atoms with Crippen LogP contribution in [0.1, 0.15) is 18.2 Å². The zero-order chi connectivity index (χ0) is 13.8. The molecule has 0 aliphatic carbocycles. The summed E-state index contributed by atoms with van der Waals surface area (Å²) in [6.07, 6.45) is 3.28. The highest BCUT2D eigenvalue weighted by atomic mass is 16.3. The van der Waals surface area contributed by atoms with Crippen molar-refractivity contribution >= 4 is 11.5 Å². The monoisotopic (exact) mass is 258 g/mol. The zero-order valence-electron chi connectivity index (χ0n) is 11.2. The summed E-state index contributed by atoms with van der Waals surface area (Å²) in [6, 6.07) is 5.28. The van der Waals surface area contributed by atoms with Crippen LogP contribution >= 0.6 is 0 Å². The van der Waals surface area contributed by atoms with E-state index in [1.165, 1.54) is 0 Å². The summed E-state index contributed by atoms with van der Waals surface area (Å²) in [6.45, 7) is 5.07. The number of nitrogens with zero attached hydrogens (tertiary/aromatic N) is 3. The van der Waals surface area contributed by atoms with Crippen LogP contribution < -0.4 is 10.6 Å². The van der Waals surface area contributed by atoms with E-state index in [-0.39, 0.29) is 5.75 Å². The molecule has 1 heterocycles. The summed E-state index contributed by atoms with van der Waals surface area (Å²) in [4.78, 5) is 10.6. The fourth-order valence-corrected chi connectivity index (χ4v) is 2.05. The molecule has 0 atom stereocenters. The highest BCUT2D eigenvalue weighted by Gasteiger charge is 2.15. The zero-order valence-corrected chi connectivity index (χ0v) is 11.2. The highest BCUT2D eigenvalue weighted by molar-refractivity contribution is 5.66. The second kappa shape index (κ2) is 5.67. The summed E-state index contributed by atoms with van der Waals surface area (Å²) < 4.78 is 0. The minimum absolute atomic E-state index is 0.234. The van der Waals surface area contributed by atoms with Crippen LogP contribution in [0.5, 0.6) is 5.75 Å². The Morgan fingerprint density at radius 2 is 2.00 bits per heavy atom. The van der Waals surface area contributed by atoms with Crippen LogP contribution in [0.2, 0.25) is 0 Å². The normalized spacial score (nSPS) is 10.5. The molecule has 100 valence electrons. The number of phenols is 1. The molecule has 0 aliphatic rings. The van der Waals surface area contributed by atoms with Gasteiger partial charge in [0.15, 0.2) is 5.82 Å². The molecular weight excluding hydrogens is 240 g/mol. The smallest absolute Gasteiger partial charge is 0.156 e. The van der Waals surface area contributed by atoms with E-state index in [2.05, 4.69) is 9.97 Å². The Morgan fingerprint density at radius 1 is 1.26 bits per heavy atom. The van der Waals surface area contributed by atoms with Crippen molar-refractivity contribution in [3.8, 4) is 5.75 Å². The number of benzene rings is 1.